The van der Waals surface area contributed by atoms with Crippen LogP contribution >= 0.6 is 0 Å². The number of carbonyl (C=O) groups is 3. The molecule has 0 aliphatic rings. The molecule has 0 aliphatic heterocycles. The van der Waals surface area contributed by atoms with E-state index >= 15 is 0 Å². The van der Waals surface area contributed by atoms with Gasteiger partial charge in [0.25, 0.3) is 0 Å². The van der Waals surface area contributed by atoms with Gasteiger partial charge in [-0.2, -0.15) is 0 Å². The van der Waals surface area contributed by atoms with Crippen molar-refractivity contribution in [3.05, 3.63) is 72.9 Å². The maximum atomic E-state index is 12.7. The number of hydrogen-bond donors (Lipinski definition) is 0. The van der Waals surface area contributed by atoms with Gasteiger partial charge in [0.2, 0.25) is 0 Å². The van der Waals surface area contributed by atoms with Crippen LogP contribution in [-0.2, 0) is 28.6 Å². The molecule has 0 saturated heterocycles. The van der Waals surface area contributed by atoms with Crippen LogP contribution in [-0.4, -0.2) is 37.2 Å². The minimum absolute atomic E-state index is 0.0713. The summed E-state index contributed by atoms with van der Waals surface area (Å²) in [7, 11) is 0. The van der Waals surface area contributed by atoms with Crippen LogP contribution in [0.4, 0.5) is 0 Å². The minimum Gasteiger partial charge on any atom is -0.462 e. The molecular formula is C64H112O6. The lowest BCUT2D eigenvalue weighted by Gasteiger charge is -2.18. The van der Waals surface area contributed by atoms with Gasteiger partial charge in [-0.15, -0.1) is 0 Å². The molecule has 70 heavy (non-hydrogen) atoms. The fourth-order valence-corrected chi connectivity index (χ4v) is 8.51. The molecule has 0 radical (unpaired) electrons. The lowest BCUT2D eigenvalue weighted by Crippen LogP contribution is -2.30. The van der Waals surface area contributed by atoms with Crippen LogP contribution in [0.3, 0.4) is 0 Å². The summed E-state index contributed by atoms with van der Waals surface area (Å²) in [5, 5.41) is 0. The van der Waals surface area contributed by atoms with Crippen molar-refractivity contribution in [1.82, 2.24) is 0 Å². The molecule has 0 bridgehead atoms. The van der Waals surface area contributed by atoms with Gasteiger partial charge in [-0.05, 0) is 70.6 Å². The third kappa shape index (κ3) is 55.8. The maximum absolute atomic E-state index is 12.7. The second kappa shape index (κ2) is 58.4. The molecule has 0 aromatic rings. The largest absolute Gasteiger partial charge is 0.462 e. The van der Waals surface area contributed by atoms with Gasteiger partial charge in [0, 0.05) is 19.3 Å². The van der Waals surface area contributed by atoms with Crippen LogP contribution in [0.2, 0.25) is 0 Å². The number of unbranched alkanes of at least 4 members (excludes halogenated alkanes) is 31. The molecule has 0 amide bonds. The standard InChI is InChI=1S/C64H112O6/c1-4-7-10-13-15-17-19-21-23-24-25-26-27-28-29-30-31-32-33-34-35-36-37-38-39-40-41-43-44-46-48-51-54-57-63(66)69-60-61(59-68-62(65)56-53-50-12-9-6-3)70-64(67)58-55-52-49-47-45-42-22-20-18-16-14-11-8-5-2/h7,10,15,17,21,23,25-26,28-29,31-32,61H,4-6,8-9,11-14,16,18-20,22,24,27,30,33-60H2,1-3H3/b10-7-,17-15-,23-21-,26-25-,29-28-,32-31-. The Bertz CT molecular complexity index is 1310. The zero-order valence-electron chi connectivity index (χ0n) is 46.3. The number of allylic oxidation sites excluding steroid dienone is 12. The Morgan fingerprint density at radius 3 is 0.871 bits per heavy atom. The number of carbonyl (C=O) groups excluding carboxylic acids is 3. The number of esters is 3. The van der Waals surface area contributed by atoms with Gasteiger partial charge in [0.05, 0.1) is 0 Å². The first-order chi connectivity index (χ1) is 34.5. The molecule has 0 N–H and O–H groups in total. The number of hydrogen-bond acceptors (Lipinski definition) is 6. The van der Waals surface area contributed by atoms with Crippen molar-refractivity contribution in [2.75, 3.05) is 13.2 Å². The zero-order chi connectivity index (χ0) is 50.7. The first-order valence-electron chi connectivity index (χ1n) is 29.9. The van der Waals surface area contributed by atoms with Crippen LogP contribution in [0.5, 0.6) is 0 Å². The normalized spacial score (nSPS) is 12.6. The Labute approximate surface area is 433 Å². The number of rotatable bonds is 54. The van der Waals surface area contributed by atoms with Gasteiger partial charge >= 0.3 is 17.9 Å². The van der Waals surface area contributed by atoms with Gasteiger partial charge in [0.15, 0.2) is 6.10 Å². The average Bonchev–Trinajstić information content (AvgIpc) is 3.36. The molecule has 6 heteroatoms. The third-order valence-corrected chi connectivity index (χ3v) is 13.0. The molecule has 0 fully saturated rings. The highest BCUT2D eigenvalue weighted by Gasteiger charge is 2.19. The molecule has 0 aliphatic carbocycles. The summed E-state index contributed by atoms with van der Waals surface area (Å²) < 4.78 is 16.7. The predicted octanol–water partition coefficient (Wildman–Crippen LogP) is 20.2. The molecule has 1 atom stereocenters. The van der Waals surface area contributed by atoms with Gasteiger partial charge < -0.3 is 14.2 Å². The average molecular weight is 978 g/mol. The van der Waals surface area contributed by atoms with Crippen molar-refractivity contribution in [3.8, 4) is 0 Å². The molecule has 0 rings (SSSR count). The van der Waals surface area contributed by atoms with Crippen molar-refractivity contribution >= 4 is 17.9 Å². The van der Waals surface area contributed by atoms with Crippen molar-refractivity contribution in [2.45, 2.75) is 303 Å². The molecular weight excluding hydrogens is 865 g/mol. The minimum atomic E-state index is -0.767. The fourth-order valence-electron chi connectivity index (χ4n) is 8.51. The van der Waals surface area contributed by atoms with E-state index in [0.29, 0.717) is 19.3 Å². The summed E-state index contributed by atoms with van der Waals surface area (Å²) in [4.78, 5) is 37.8. The topological polar surface area (TPSA) is 78.9 Å². The van der Waals surface area contributed by atoms with Crippen molar-refractivity contribution in [2.24, 2.45) is 0 Å². The van der Waals surface area contributed by atoms with Crippen LogP contribution in [0.1, 0.15) is 297 Å². The molecule has 0 saturated carbocycles. The van der Waals surface area contributed by atoms with E-state index in [-0.39, 0.29) is 31.1 Å². The monoisotopic (exact) mass is 977 g/mol. The van der Waals surface area contributed by atoms with Crippen molar-refractivity contribution in [3.63, 3.8) is 0 Å². The number of ether oxygens (including phenoxy) is 3. The van der Waals surface area contributed by atoms with E-state index in [2.05, 4.69) is 93.7 Å². The fraction of sp³-hybridized carbons (Fsp3) is 0.766. The van der Waals surface area contributed by atoms with E-state index in [1.165, 1.54) is 154 Å². The summed E-state index contributed by atoms with van der Waals surface area (Å²) in [5.41, 5.74) is 0. The molecule has 0 aromatic carbocycles. The predicted molar refractivity (Wildman–Crippen MR) is 302 cm³/mol. The summed E-state index contributed by atoms with van der Waals surface area (Å²) >= 11 is 0. The van der Waals surface area contributed by atoms with E-state index in [1.807, 2.05) is 0 Å². The van der Waals surface area contributed by atoms with E-state index in [0.717, 1.165) is 103 Å². The Morgan fingerprint density at radius 2 is 0.557 bits per heavy atom. The lowest BCUT2D eigenvalue weighted by atomic mass is 10.0. The van der Waals surface area contributed by atoms with E-state index in [1.54, 1.807) is 0 Å². The highest BCUT2D eigenvalue weighted by atomic mass is 16.6. The van der Waals surface area contributed by atoms with Gasteiger partial charge in [-0.25, -0.2) is 0 Å². The Kier molecular flexibility index (Phi) is 55.8. The summed E-state index contributed by atoms with van der Waals surface area (Å²) in [6.07, 6.45) is 75.3. The van der Waals surface area contributed by atoms with E-state index in [9.17, 15) is 14.4 Å². The molecule has 1 unspecified atom stereocenters. The Morgan fingerprint density at radius 1 is 0.300 bits per heavy atom. The third-order valence-electron chi connectivity index (χ3n) is 13.0. The first kappa shape index (κ1) is 66.9. The molecule has 0 aromatic heterocycles. The quantitative estimate of drug-likeness (QED) is 0.0261. The van der Waals surface area contributed by atoms with Crippen LogP contribution < -0.4 is 0 Å². The zero-order valence-corrected chi connectivity index (χ0v) is 46.3. The summed E-state index contributed by atoms with van der Waals surface area (Å²) in [5.74, 6) is -0.875. The Balaban J connectivity index is 3.95. The van der Waals surface area contributed by atoms with Crippen molar-refractivity contribution in [1.29, 1.82) is 0 Å². The van der Waals surface area contributed by atoms with E-state index in [4.69, 9.17) is 14.2 Å². The van der Waals surface area contributed by atoms with Crippen LogP contribution in [0.15, 0.2) is 72.9 Å². The second-order valence-electron chi connectivity index (χ2n) is 19.9. The smallest absolute Gasteiger partial charge is 0.306 e. The lowest BCUT2D eigenvalue weighted by molar-refractivity contribution is -0.167. The molecule has 0 heterocycles. The molecule has 0 spiro atoms. The highest BCUT2D eigenvalue weighted by molar-refractivity contribution is 5.71. The Hall–Kier alpha value is -3.15. The van der Waals surface area contributed by atoms with Gasteiger partial charge in [-0.3, -0.25) is 14.4 Å². The molecule has 404 valence electrons. The van der Waals surface area contributed by atoms with Crippen molar-refractivity contribution < 1.29 is 28.6 Å². The van der Waals surface area contributed by atoms with Crippen LogP contribution in [0, 0.1) is 0 Å². The summed E-state index contributed by atoms with van der Waals surface area (Å²) in [6.45, 7) is 6.46. The van der Waals surface area contributed by atoms with E-state index < -0.39 is 6.10 Å². The highest BCUT2D eigenvalue weighted by Crippen LogP contribution is 2.16. The SMILES string of the molecule is CC/C=C\C/C=C\C/C=C\C/C=C\C/C=C\C/C=C\CCCCCCCCCCCCCCCCC(=O)OCC(COC(=O)CCCCCCC)OC(=O)CCCCCCCCCCCCCCCC. The van der Waals surface area contributed by atoms with Gasteiger partial charge in [0.1, 0.15) is 13.2 Å². The molecule has 6 nitrogen and oxygen atoms in total. The summed E-state index contributed by atoms with van der Waals surface area (Å²) in [6, 6.07) is 0. The van der Waals surface area contributed by atoms with Gasteiger partial charge in [-0.1, -0.05) is 280 Å². The van der Waals surface area contributed by atoms with Crippen LogP contribution in [0.25, 0.3) is 0 Å². The maximum Gasteiger partial charge on any atom is 0.306 e. The first-order valence-corrected chi connectivity index (χ1v) is 29.9. The second-order valence-corrected chi connectivity index (χ2v) is 19.9.